The van der Waals surface area contributed by atoms with Gasteiger partial charge >= 0.3 is 0 Å². The van der Waals surface area contributed by atoms with Crippen LogP contribution in [-0.2, 0) is 11.2 Å². The molecule has 102 valence electrons. The molecule has 0 unspecified atom stereocenters. The average molecular weight is 259 g/mol. The number of carbonyl (C=O) groups excluding carboxylic acids is 1. The number of benzene rings is 1. The zero-order chi connectivity index (χ0) is 13.8. The number of aryl methyl sites for hydroxylation is 1. The molecule has 0 amide bonds. The van der Waals surface area contributed by atoms with Gasteiger partial charge < -0.3 is 9.88 Å². The molecule has 1 N–H and O–H groups in total. The van der Waals surface area contributed by atoms with Gasteiger partial charge in [0.15, 0.2) is 0 Å². The molecule has 19 heavy (non-hydrogen) atoms. The summed E-state index contributed by atoms with van der Waals surface area (Å²) in [5, 5.41) is 0. The molecule has 0 radical (unpaired) electrons. The number of likely N-dealkylation sites (N-methyl/N-ethyl adjacent to an activating group) is 1. The maximum atomic E-state index is 10.9. The third-order valence-corrected chi connectivity index (χ3v) is 3.29. The Balaban J connectivity index is 1.92. The number of ketones is 1. The van der Waals surface area contributed by atoms with E-state index < -0.39 is 0 Å². The van der Waals surface area contributed by atoms with E-state index in [4.69, 9.17) is 0 Å². The summed E-state index contributed by atoms with van der Waals surface area (Å²) in [6.07, 6.45) is 1.62. The maximum absolute atomic E-state index is 10.9. The number of H-pyrrole nitrogens is 1. The highest BCUT2D eigenvalue weighted by Crippen LogP contribution is 2.14. The number of hydrogen-bond acceptors (Lipinski definition) is 3. The van der Waals surface area contributed by atoms with Crippen LogP contribution in [-0.4, -0.2) is 40.8 Å². The molecule has 0 aliphatic heterocycles. The van der Waals surface area contributed by atoms with Crippen LogP contribution in [0, 0.1) is 6.92 Å². The van der Waals surface area contributed by atoms with Gasteiger partial charge in [0, 0.05) is 19.5 Å². The average Bonchev–Trinajstić information content (AvgIpc) is 2.73. The van der Waals surface area contributed by atoms with Crippen LogP contribution in [0.1, 0.15) is 24.7 Å². The van der Waals surface area contributed by atoms with E-state index in [0.29, 0.717) is 6.42 Å². The van der Waals surface area contributed by atoms with Crippen molar-refractivity contribution in [3.63, 3.8) is 0 Å². The predicted molar refractivity (Wildman–Crippen MR) is 77.3 cm³/mol. The lowest BCUT2D eigenvalue weighted by Gasteiger charge is -2.15. The van der Waals surface area contributed by atoms with Crippen molar-refractivity contribution in [1.82, 2.24) is 14.9 Å². The summed E-state index contributed by atoms with van der Waals surface area (Å²) in [7, 11) is 2.06. The molecular formula is C15H21N3O. The molecule has 2 aromatic rings. The summed E-state index contributed by atoms with van der Waals surface area (Å²) in [6.45, 7) is 5.41. The van der Waals surface area contributed by atoms with E-state index in [2.05, 4.69) is 40.1 Å². The van der Waals surface area contributed by atoms with E-state index in [1.807, 2.05) is 6.92 Å². The SMILES string of the molecule is CC(=O)CCN(C)CCc1ccc2nc(C)[nH]c2c1. The molecule has 0 saturated heterocycles. The van der Waals surface area contributed by atoms with Crippen LogP contribution in [0.4, 0.5) is 0 Å². The van der Waals surface area contributed by atoms with Crippen molar-refractivity contribution >= 4 is 16.8 Å². The van der Waals surface area contributed by atoms with E-state index in [1.54, 1.807) is 6.92 Å². The van der Waals surface area contributed by atoms with E-state index in [-0.39, 0.29) is 5.78 Å². The number of imidazole rings is 1. The van der Waals surface area contributed by atoms with Crippen molar-refractivity contribution in [1.29, 1.82) is 0 Å². The second-order valence-corrected chi connectivity index (χ2v) is 5.18. The number of fused-ring (bicyclic) bond motifs is 1. The van der Waals surface area contributed by atoms with Crippen molar-refractivity contribution in [2.75, 3.05) is 20.1 Å². The lowest BCUT2D eigenvalue weighted by Crippen LogP contribution is -2.23. The highest BCUT2D eigenvalue weighted by atomic mass is 16.1. The summed E-state index contributed by atoms with van der Waals surface area (Å²) in [5.74, 6) is 1.20. The molecule has 0 atom stereocenters. The van der Waals surface area contributed by atoms with Gasteiger partial charge in [-0.25, -0.2) is 4.98 Å². The summed E-state index contributed by atoms with van der Waals surface area (Å²) < 4.78 is 0. The molecule has 0 bridgehead atoms. The van der Waals surface area contributed by atoms with Crippen molar-refractivity contribution in [2.45, 2.75) is 26.7 Å². The zero-order valence-electron chi connectivity index (χ0n) is 11.9. The van der Waals surface area contributed by atoms with Crippen molar-refractivity contribution in [2.24, 2.45) is 0 Å². The number of nitrogens with zero attached hydrogens (tertiary/aromatic N) is 2. The first-order valence-corrected chi connectivity index (χ1v) is 6.68. The van der Waals surface area contributed by atoms with Crippen molar-refractivity contribution < 1.29 is 4.79 Å². The monoisotopic (exact) mass is 259 g/mol. The van der Waals surface area contributed by atoms with E-state index in [9.17, 15) is 4.79 Å². The molecule has 0 fully saturated rings. The highest BCUT2D eigenvalue weighted by Gasteiger charge is 2.04. The first-order valence-electron chi connectivity index (χ1n) is 6.68. The Bertz CT molecular complexity index is 574. The quantitative estimate of drug-likeness (QED) is 0.866. The fourth-order valence-electron chi connectivity index (χ4n) is 2.12. The number of rotatable bonds is 6. The molecule has 4 heteroatoms. The Labute approximate surface area is 113 Å². The predicted octanol–water partition coefficient (Wildman–Crippen LogP) is 2.32. The topological polar surface area (TPSA) is 49.0 Å². The van der Waals surface area contributed by atoms with Crippen LogP contribution in [0.3, 0.4) is 0 Å². The van der Waals surface area contributed by atoms with Gasteiger partial charge in [0.25, 0.3) is 0 Å². The Morgan fingerprint density at radius 1 is 1.37 bits per heavy atom. The lowest BCUT2D eigenvalue weighted by atomic mass is 10.1. The van der Waals surface area contributed by atoms with Crippen LogP contribution < -0.4 is 0 Å². The Morgan fingerprint density at radius 2 is 2.16 bits per heavy atom. The van der Waals surface area contributed by atoms with Gasteiger partial charge in [-0.1, -0.05) is 6.07 Å². The Kier molecular flexibility index (Phi) is 4.32. The van der Waals surface area contributed by atoms with Gasteiger partial charge in [-0.2, -0.15) is 0 Å². The zero-order valence-corrected chi connectivity index (χ0v) is 11.9. The molecule has 1 aromatic heterocycles. The maximum Gasteiger partial charge on any atom is 0.131 e. The molecule has 0 spiro atoms. The van der Waals surface area contributed by atoms with Gasteiger partial charge in [-0.15, -0.1) is 0 Å². The van der Waals surface area contributed by atoms with E-state index in [0.717, 1.165) is 36.4 Å². The van der Waals surface area contributed by atoms with E-state index >= 15 is 0 Å². The van der Waals surface area contributed by atoms with Gasteiger partial charge in [-0.05, 0) is 45.0 Å². The number of aromatic amines is 1. The number of Topliss-reactive ketones (excluding diaryl/α,β-unsaturated/α-hetero) is 1. The number of aromatic nitrogens is 2. The molecule has 1 aromatic carbocycles. The Morgan fingerprint density at radius 3 is 2.89 bits per heavy atom. The molecule has 0 aliphatic rings. The summed E-state index contributed by atoms with van der Waals surface area (Å²) in [6, 6.07) is 6.35. The Hall–Kier alpha value is -1.68. The van der Waals surface area contributed by atoms with Crippen LogP contribution in [0.2, 0.25) is 0 Å². The van der Waals surface area contributed by atoms with Crippen molar-refractivity contribution in [3.05, 3.63) is 29.6 Å². The van der Waals surface area contributed by atoms with Crippen LogP contribution >= 0.6 is 0 Å². The van der Waals surface area contributed by atoms with Crippen molar-refractivity contribution in [3.8, 4) is 0 Å². The molecule has 0 aliphatic carbocycles. The number of hydrogen-bond donors (Lipinski definition) is 1. The standard InChI is InChI=1S/C15H21N3O/c1-11(19)6-8-18(3)9-7-13-4-5-14-15(10-13)17-12(2)16-14/h4-5,10H,6-9H2,1-3H3,(H,16,17). The second kappa shape index (κ2) is 5.97. The minimum Gasteiger partial charge on any atom is -0.342 e. The molecule has 1 heterocycles. The number of carbonyl (C=O) groups is 1. The van der Waals surface area contributed by atoms with Crippen LogP contribution in [0.5, 0.6) is 0 Å². The highest BCUT2D eigenvalue weighted by molar-refractivity contribution is 5.76. The van der Waals surface area contributed by atoms with Gasteiger partial charge in [0.05, 0.1) is 11.0 Å². The molecule has 0 saturated carbocycles. The first-order chi connectivity index (χ1) is 9.04. The first kappa shape index (κ1) is 13.7. The molecule has 2 rings (SSSR count). The lowest BCUT2D eigenvalue weighted by molar-refractivity contribution is -0.117. The summed E-state index contributed by atoms with van der Waals surface area (Å²) in [5.41, 5.74) is 3.42. The smallest absolute Gasteiger partial charge is 0.131 e. The second-order valence-electron chi connectivity index (χ2n) is 5.18. The molecular weight excluding hydrogens is 238 g/mol. The third kappa shape index (κ3) is 3.89. The fourth-order valence-corrected chi connectivity index (χ4v) is 2.12. The summed E-state index contributed by atoms with van der Waals surface area (Å²) in [4.78, 5) is 20.8. The van der Waals surface area contributed by atoms with Gasteiger partial charge in [0.2, 0.25) is 0 Å². The van der Waals surface area contributed by atoms with Crippen LogP contribution in [0.15, 0.2) is 18.2 Å². The van der Waals surface area contributed by atoms with E-state index in [1.165, 1.54) is 5.56 Å². The fraction of sp³-hybridized carbons (Fsp3) is 0.467. The minimum absolute atomic E-state index is 0.251. The molecule has 4 nitrogen and oxygen atoms in total. The van der Waals surface area contributed by atoms with Crippen LogP contribution in [0.25, 0.3) is 11.0 Å². The van der Waals surface area contributed by atoms with Gasteiger partial charge in [-0.3, -0.25) is 4.79 Å². The van der Waals surface area contributed by atoms with Gasteiger partial charge in [0.1, 0.15) is 11.6 Å². The number of nitrogens with one attached hydrogen (secondary N) is 1. The normalized spacial score (nSPS) is 11.4. The minimum atomic E-state index is 0.251. The summed E-state index contributed by atoms with van der Waals surface area (Å²) >= 11 is 0. The third-order valence-electron chi connectivity index (χ3n) is 3.29. The largest absolute Gasteiger partial charge is 0.342 e.